The van der Waals surface area contributed by atoms with Crippen molar-refractivity contribution in [2.24, 2.45) is 0 Å². The van der Waals surface area contributed by atoms with E-state index in [0.717, 1.165) is 52.8 Å². The number of sulfonamides is 1. The average Bonchev–Trinajstić information content (AvgIpc) is 3.33. The molecule has 0 bridgehead atoms. The van der Waals surface area contributed by atoms with Crippen LogP contribution in [0.2, 0.25) is 0 Å². The third kappa shape index (κ3) is 6.71. The lowest BCUT2D eigenvalue weighted by Gasteiger charge is -2.27. The number of amides is 1. The van der Waals surface area contributed by atoms with E-state index in [0.29, 0.717) is 16.3 Å². The molecule has 3 aromatic rings. The summed E-state index contributed by atoms with van der Waals surface area (Å²) in [6.45, 7) is 3.90. The molecular weight excluding hydrogens is 510 g/mol. The minimum Gasteiger partial charge on any atom is -0.490 e. The van der Waals surface area contributed by atoms with Gasteiger partial charge in [0.25, 0.3) is 0 Å². The summed E-state index contributed by atoms with van der Waals surface area (Å²) in [6.07, 6.45) is 3.69. The molecule has 194 valence electrons. The van der Waals surface area contributed by atoms with Crippen LogP contribution < -0.4 is 14.8 Å². The number of carbonyl (C=O) groups is 1. The number of nitriles is 1. The van der Waals surface area contributed by atoms with Crippen molar-refractivity contribution in [1.29, 1.82) is 5.26 Å². The zero-order valence-corrected chi connectivity index (χ0v) is 22.6. The van der Waals surface area contributed by atoms with E-state index in [1.807, 2.05) is 38.1 Å². The van der Waals surface area contributed by atoms with Gasteiger partial charge in [0.2, 0.25) is 15.9 Å². The van der Waals surface area contributed by atoms with Crippen LogP contribution in [0, 0.1) is 11.3 Å². The molecule has 2 aromatic carbocycles. The van der Waals surface area contributed by atoms with Gasteiger partial charge in [0, 0.05) is 24.1 Å². The molecule has 1 aliphatic carbocycles. The summed E-state index contributed by atoms with van der Waals surface area (Å²) in [7, 11) is -3.33. The molecule has 11 heteroatoms. The molecule has 2 N–H and O–H groups in total. The van der Waals surface area contributed by atoms with Crippen LogP contribution in [0.3, 0.4) is 0 Å². The Morgan fingerprint density at radius 3 is 2.76 bits per heavy atom. The van der Waals surface area contributed by atoms with Gasteiger partial charge in [-0.25, -0.2) is 13.1 Å². The van der Waals surface area contributed by atoms with Crippen molar-refractivity contribution in [3.05, 3.63) is 53.1 Å². The lowest BCUT2D eigenvalue weighted by Crippen LogP contribution is -2.34. The Morgan fingerprint density at radius 2 is 2.03 bits per heavy atom. The van der Waals surface area contributed by atoms with Crippen molar-refractivity contribution >= 4 is 27.3 Å². The van der Waals surface area contributed by atoms with Crippen LogP contribution in [0.5, 0.6) is 5.75 Å². The monoisotopic (exact) mass is 539 g/mol. The number of rotatable bonds is 9. The van der Waals surface area contributed by atoms with Crippen molar-refractivity contribution in [2.75, 3.05) is 12.8 Å². The Bertz CT molecular complexity index is 1440. The summed E-state index contributed by atoms with van der Waals surface area (Å²) in [5.74, 6) is 0.346. The SMILES string of the molecule is CC(C)Oc1ccc(-c2nnc(-c3cccc4c3CCC[C@@H]4NC(=O)CCNS(C)(=O)=O)s2)cc1C#N. The molecule has 4 rings (SSSR count). The molecule has 1 atom stereocenters. The topological polar surface area (TPSA) is 134 Å². The van der Waals surface area contributed by atoms with Crippen molar-refractivity contribution in [3.63, 3.8) is 0 Å². The van der Waals surface area contributed by atoms with Crippen LogP contribution in [0.15, 0.2) is 36.4 Å². The largest absolute Gasteiger partial charge is 0.490 e. The van der Waals surface area contributed by atoms with E-state index in [1.165, 1.54) is 11.3 Å². The minimum absolute atomic E-state index is 0.0342. The normalized spacial score (nSPS) is 15.2. The van der Waals surface area contributed by atoms with Crippen LogP contribution in [-0.4, -0.2) is 43.4 Å². The summed E-state index contributed by atoms with van der Waals surface area (Å²) < 4.78 is 30.6. The van der Waals surface area contributed by atoms with E-state index in [1.54, 1.807) is 12.1 Å². The van der Waals surface area contributed by atoms with E-state index < -0.39 is 10.0 Å². The number of hydrogen-bond acceptors (Lipinski definition) is 8. The van der Waals surface area contributed by atoms with Crippen molar-refractivity contribution < 1.29 is 17.9 Å². The second-order valence-corrected chi connectivity index (χ2v) is 12.0. The van der Waals surface area contributed by atoms with E-state index in [-0.39, 0.29) is 31.0 Å². The summed E-state index contributed by atoms with van der Waals surface area (Å²) in [4.78, 5) is 12.5. The summed E-state index contributed by atoms with van der Waals surface area (Å²) in [5.41, 5.74) is 4.42. The van der Waals surface area contributed by atoms with Gasteiger partial charge in [-0.2, -0.15) is 5.26 Å². The number of nitrogens with one attached hydrogen (secondary N) is 2. The van der Waals surface area contributed by atoms with Crippen molar-refractivity contribution in [1.82, 2.24) is 20.2 Å². The van der Waals surface area contributed by atoms with E-state index in [9.17, 15) is 18.5 Å². The van der Waals surface area contributed by atoms with Gasteiger partial charge in [-0.1, -0.05) is 29.5 Å². The summed E-state index contributed by atoms with van der Waals surface area (Å²) in [6, 6.07) is 13.5. The number of carbonyl (C=O) groups excluding carboxylic acids is 1. The highest BCUT2D eigenvalue weighted by Gasteiger charge is 2.25. The van der Waals surface area contributed by atoms with Crippen LogP contribution in [0.1, 0.15) is 55.8 Å². The maximum Gasteiger partial charge on any atom is 0.221 e. The number of aromatic nitrogens is 2. The zero-order valence-electron chi connectivity index (χ0n) is 20.9. The first-order chi connectivity index (χ1) is 17.6. The predicted octanol–water partition coefficient (Wildman–Crippen LogP) is 3.96. The highest BCUT2D eigenvalue weighted by Crippen LogP contribution is 2.39. The quantitative estimate of drug-likeness (QED) is 0.420. The Hall–Kier alpha value is -3.33. The van der Waals surface area contributed by atoms with Crippen molar-refractivity contribution in [3.8, 4) is 33.0 Å². The van der Waals surface area contributed by atoms with Crippen molar-refractivity contribution in [2.45, 2.75) is 51.7 Å². The second kappa shape index (κ2) is 11.4. The lowest BCUT2D eigenvalue weighted by molar-refractivity contribution is -0.121. The first-order valence-electron chi connectivity index (χ1n) is 12.1. The van der Waals surface area contributed by atoms with Gasteiger partial charge in [0.15, 0.2) is 0 Å². The Balaban J connectivity index is 1.54. The van der Waals surface area contributed by atoms with Crippen LogP contribution in [0.4, 0.5) is 0 Å². The molecule has 1 aromatic heterocycles. The number of hydrogen-bond donors (Lipinski definition) is 2. The molecule has 0 saturated carbocycles. The molecule has 1 amide bonds. The maximum atomic E-state index is 12.5. The number of nitrogens with zero attached hydrogens (tertiary/aromatic N) is 3. The summed E-state index contributed by atoms with van der Waals surface area (Å²) >= 11 is 1.45. The fourth-order valence-corrected chi connectivity index (χ4v) is 5.74. The molecule has 37 heavy (non-hydrogen) atoms. The molecular formula is C26H29N5O4S2. The molecule has 0 unspecified atom stereocenters. The predicted molar refractivity (Wildman–Crippen MR) is 143 cm³/mol. The summed E-state index contributed by atoms with van der Waals surface area (Å²) in [5, 5.41) is 22.9. The first-order valence-corrected chi connectivity index (χ1v) is 14.8. The Morgan fingerprint density at radius 1 is 1.24 bits per heavy atom. The maximum absolute atomic E-state index is 12.5. The van der Waals surface area contributed by atoms with Gasteiger partial charge in [-0.3, -0.25) is 4.79 Å². The molecule has 0 saturated heterocycles. The van der Waals surface area contributed by atoms with Crippen LogP contribution >= 0.6 is 11.3 Å². The van der Waals surface area contributed by atoms with Crippen LogP contribution in [-0.2, 0) is 21.2 Å². The fraction of sp³-hybridized carbons (Fsp3) is 0.385. The molecule has 0 fully saturated rings. The first kappa shape index (κ1) is 26.7. The second-order valence-electron chi connectivity index (χ2n) is 9.20. The third-order valence-electron chi connectivity index (χ3n) is 5.92. The Labute approximate surface area is 220 Å². The Kier molecular flexibility index (Phi) is 8.22. The standard InChI is InChI=1S/C26H29N5O4S2/c1-16(2)35-23-11-10-17(14-18(23)15-27)25-30-31-26(36-25)21-8-4-7-20-19(21)6-5-9-22(20)29-24(32)12-13-28-37(3,33)34/h4,7-8,10-11,14,16,22,28H,5-6,9,12-13H2,1-3H3,(H,29,32)/t22-/m0/s1. The third-order valence-corrected chi connectivity index (χ3v) is 7.66. The van der Waals surface area contributed by atoms with E-state index in [2.05, 4.69) is 26.3 Å². The highest BCUT2D eigenvalue weighted by molar-refractivity contribution is 7.88. The molecule has 0 radical (unpaired) electrons. The van der Waals surface area contributed by atoms with Gasteiger partial charge in [-0.05, 0) is 62.4 Å². The number of ether oxygens (including phenoxy) is 1. The molecule has 1 heterocycles. The van der Waals surface area contributed by atoms with Gasteiger partial charge in [-0.15, -0.1) is 10.2 Å². The van der Waals surface area contributed by atoms with Gasteiger partial charge in [0.1, 0.15) is 21.8 Å². The molecule has 9 nitrogen and oxygen atoms in total. The smallest absolute Gasteiger partial charge is 0.221 e. The van der Waals surface area contributed by atoms with Crippen LogP contribution in [0.25, 0.3) is 21.1 Å². The van der Waals surface area contributed by atoms with Gasteiger partial charge < -0.3 is 10.1 Å². The van der Waals surface area contributed by atoms with E-state index >= 15 is 0 Å². The molecule has 1 aliphatic rings. The number of fused-ring (bicyclic) bond motifs is 1. The molecule has 0 aliphatic heterocycles. The lowest BCUT2D eigenvalue weighted by atomic mass is 9.85. The average molecular weight is 540 g/mol. The zero-order chi connectivity index (χ0) is 26.6. The van der Waals surface area contributed by atoms with Gasteiger partial charge >= 0.3 is 0 Å². The van der Waals surface area contributed by atoms with Gasteiger partial charge in [0.05, 0.1) is 24.0 Å². The highest BCUT2D eigenvalue weighted by atomic mass is 32.2. The molecule has 0 spiro atoms. The van der Waals surface area contributed by atoms with E-state index in [4.69, 9.17) is 4.74 Å². The fourth-order valence-electron chi connectivity index (χ4n) is 4.37. The number of benzene rings is 2. The minimum atomic E-state index is -3.33.